The second kappa shape index (κ2) is 6.81. The van der Waals surface area contributed by atoms with Gasteiger partial charge >= 0.3 is 0 Å². The molecule has 2 atom stereocenters. The maximum atomic E-state index is 14.4. The van der Waals surface area contributed by atoms with Crippen LogP contribution in [0.4, 0.5) is 21.8 Å². The van der Waals surface area contributed by atoms with Crippen LogP contribution in [0.15, 0.2) is 30.3 Å². The molecule has 0 radical (unpaired) electrons. The van der Waals surface area contributed by atoms with E-state index in [1.807, 2.05) is 43.7 Å². The molecule has 2 aliphatic rings. The maximum absolute atomic E-state index is 14.4. The molecule has 0 unspecified atom stereocenters. The van der Waals surface area contributed by atoms with Gasteiger partial charge in [0.05, 0.1) is 11.4 Å². The third kappa shape index (κ3) is 3.33. The van der Waals surface area contributed by atoms with Crippen molar-refractivity contribution in [3.63, 3.8) is 0 Å². The number of halogens is 1. The second-order valence-electron chi connectivity index (χ2n) is 8.00. The Morgan fingerprint density at radius 2 is 1.93 bits per heavy atom. The SMILES string of the molecule is Cc1ccc(Nc2nc(N3C[C@H]4C[C@@H]3CN4)cc(-n3nc(C)cc3C)n2)c(F)c1. The van der Waals surface area contributed by atoms with Gasteiger partial charge in [-0.25, -0.2) is 9.07 Å². The highest BCUT2D eigenvalue weighted by Gasteiger charge is 2.38. The summed E-state index contributed by atoms with van der Waals surface area (Å²) < 4.78 is 16.2. The molecular formula is C21H24FN7. The number of aromatic nitrogens is 4. The Morgan fingerprint density at radius 1 is 1.10 bits per heavy atom. The van der Waals surface area contributed by atoms with Crippen LogP contribution in [0.1, 0.15) is 23.4 Å². The number of benzene rings is 1. The first kappa shape index (κ1) is 18.1. The third-order valence-electron chi connectivity index (χ3n) is 5.65. The van der Waals surface area contributed by atoms with Crippen molar-refractivity contribution >= 4 is 17.5 Å². The van der Waals surface area contributed by atoms with Gasteiger partial charge in [0.25, 0.3) is 0 Å². The fourth-order valence-electron chi connectivity index (χ4n) is 4.28. The fourth-order valence-corrected chi connectivity index (χ4v) is 4.28. The topological polar surface area (TPSA) is 70.9 Å². The van der Waals surface area contributed by atoms with E-state index >= 15 is 0 Å². The lowest BCUT2D eigenvalue weighted by molar-refractivity contribution is 0.576. The molecule has 2 saturated heterocycles. The summed E-state index contributed by atoms with van der Waals surface area (Å²) in [5.74, 6) is 1.55. The molecule has 8 heteroatoms. The van der Waals surface area contributed by atoms with Crippen LogP contribution in [-0.2, 0) is 0 Å². The number of nitrogens with zero attached hydrogens (tertiary/aromatic N) is 5. The average molecular weight is 393 g/mol. The van der Waals surface area contributed by atoms with E-state index in [1.54, 1.807) is 6.07 Å². The maximum Gasteiger partial charge on any atom is 0.231 e. The number of nitrogens with one attached hydrogen (secondary N) is 2. The number of hydrogen-bond acceptors (Lipinski definition) is 6. The molecule has 4 heterocycles. The Balaban J connectivity index is 1.57. The van der Waals surface area contributed by atoms with E-state index in [0.717, 1.165) is 42.3 Å². The van der Waals surface area contributed by atoms with Crippen molar-refractivity contribution in [2.45, 2.75) is 39.3 Å². The van der Waals surface area contributed by atoms with Crippen molar-refractivity contribution in [2.75, 3.05) is 23.3 Å². The Bertz CT molecular complexity index is 1080. The summed E-state index contributed by atoms with van der Waals surface area (Å²) in [5, 5.41) is 11.1. The van der Waals surface area contributed by atoms with Gasteiger partial charge in [0.15, 0.2) is 5.82 Å². The van der Waals surface area contributed by atoms with Gasteiger partial charge in [-0.05, 0) is 51.0 Å². The van der Waals surface area contributed by atoms with E-state index < -0.39 is 0 Å². The van der Waals surface area contributed by atoms with Gasteiger partial charge < -0.3 is 15.5 Å². The molecule has 5 rings (SSSR count). The van der Waals surface area contributed by atoms with Gasteiger partial charge in [-0.1, -0.05) is 6.07 Å². The van der Waals surface area contributed by atoms with Gasteiger partial charge in [0.2, 0.25) is 5.95 Å². The quantitative estimate of drug-likeness (QED) is 0.710. The number of anilines is 3. The molecule has 2 bridgehead atoms. The normalized spacial score (nSPS) is 20.5. The summed E-state index contributed by atoms with van der Waals surface area (Å²) in [6.45, 7) is 7.69. The van der Waals surface area contributed by atoms with Crippen LogP contribution < -0.4 is 15.5 Å². The molecule has 29 heavy (non-hydrogen) atoms. The van der Waals surface area contributed by atoms with E-state index in [1.165, 1.54) is 6.07 Å². The number of fused-ring (bicyclic) bond motifs is 2. The minimum absolute atomic E-state index is 0.323. The molecule has 2 fully saturated rings. The molecule has 2 N–H and O–H groups in total. The third-order valence-corrected chi connectivity index (χ3v) is 5.65. The summed E-state index contributed by atoms with van der Waals surface area (Å²) >= 11 is 0. The van der Waals surface area contributed by atoms with Crippen LogP contribution in [-0.4, -0.2) is 44.9 Å². The predicted molar refractivity (Wildman–Crippen MR) is 111 cm³/mol. The molecule has 2 aliphatic heterocycles. The second-order valence-corrected chi connectivity index (χ2v) is 8.00. The first-order chi connectivity index (χ1) is 14.0. The minimum atomic E-state index is -0.323. The van der Waals surface area contributed by atoms with Crippen molar-refractivity contribution in [1.29, 1.82) is 0 Å². The Labute approximate surface area is 169 Å². The van der Waals surface area contributed by atoms with E-state index in [2.05, 4.69) is 25.6 Å². The summed E-state index contributed by atoms with van der Waals surface area (Å²) in [7, 11) is 0. The van der Waals surface area contributed by atoms with Crippen molar-refractivity contribution in [3.8, 4) is 5.82 Å². The molecule has 1 aromatic carbocycles. The average Bonchev–Trinajstić information content (AvgIpc) is 3.39. The van der Waals surface area contributed by atoms with Crippen LogP contribution >= 0.6 is 0 Å². The molecular weight excluding hydrogens is 369 g/mol. The van der Waals surface area contributed by atoms with Crippen LogP contribution in [0.5, 0.6) is 0 Å². The molecule has 0 spiro atoms. The van der Waals surface area contributed by atoms with Crippen molar-refractivity contribution in [2.24, 2.45) is 0 Å². The van der Waals surface area contributed by atoms with E-state index in [-0.39, 0.29) is 5.82 Å². The molecule has 0 saturated carbocycles. The molecule has 2 aromatic heterocycles. The lowest BCUT2D eigenvalue weighted by atomic mass is 10.2. The number of rotatable bonds is 4. The molecule has 0 aliphatic carbocycles. The molecule has 7 nitrogen and oxygen atoms in total. The van der Waals surface area contributed by atoms with E-state index in [9.17, 15) is 4.39 Å². The Kier molecular flexibility index (Phi) is 4.24. The van der Waals surface area contributed by atoms with Crippen LogP contribution in [0.3, 0.4) is 0 Å². The van der Waals surface area contributed by atoms with Gasteiger partial charge in [-0.3, -0.25) is 0 Å². The lowest BCUT2D eigenvalue weighted by Gasteiger charge is -2.29. The zero-order chi connectivity index (χ0) is 20.1. The number of hydrogen-bond donors (Lipinski definition) is 2. The van der Waals surface area contributed by atoms with Gasteiger partial charge in [0, 0.05) is 36.9 Å². The largest absolute Gasteiger partial charge is 0.350 e. The molecule has 150 valence electrons. The highest BCUT2D eigenvalue weighted by atomic mass is 19.1. The summed E-state index contributed by atoms with van der Waals surface area (Å²) in [5.41, 5.74) is 3.14. The van der Waals surface area contributed by atoms with Gasteiger partial charge in [0.1, 0.15) is 11.6 Å². The van der Waals surface area contributed by atoms with Crippen molar-refractivity contribution < 1.29 is 4.39 Å². The smallest absolute Gasteiger partial charge is 0.231 e. The van der Waals surface area contributed by atoms with E-state index in [0.29, 0.717) is 29.5 Å². The minimum Gasteiger partial charge on any atom is -0.350 e. The van der Waals surface area contributed by atoms with Crippen LogP contribution in [0, 0.1) is 26.6 Å². The van der Waals surface area contributed by atoms with Crippen LogP contribution in [0.25, 0.3) is 5.82 Å². The lowest BCUT2D eigenvalue weighted by Crippen LogP contribution is -2.44. The summed E-state index contributed by atoms with van der Waals surface area (Å²) in [6, 6.07) is 9.98. The van der Waals surface area contributed by atoms with Crippen molar-refractivity contribution in [1.82, 2.24) is 25.1 Å². The molecule has 0 amide bonds. The fraction of sp³-hybridized carbons (Fsp3) is 0.381. The van der Waals surface area contributed by atoms with E-state index in [4.69, 9.17) is 4.98 Å². The number of piperazine rings is 1. The van der Waals surface area contributed by atoms with Gasteiger partial charge in [-0.15, -0.1) is 0 Å². The molecule has 3 aromatic rings. The Morgan fingerprint density at radius 3 is 2.59 bits per heavy atom. The van der Waals surface area contributed by atoms with Gasteiger partial charge in [-0.2, -0.15) is 15.1 Å². The standard InChI is InChI=1S/C21H24FN7/c1-12-4-5-18(17(22)6-12)24-21-25-19(28-11-15-8-16(28)10-23-15)9-20(26-21)29-14(3)7-13(2)27-29/h4-7,9,15-16,23H,8,10-11H2,1-3H3,(H,24,25,26)/t15-,16-/m1/s1. The zero-order valence-electron chi connectivity index (χ0n) is 16.8. The first-order valence-corrected chi connectivity index (χ1v) is 9.92. The highest BCUT2D eigenvalue weighted by molar-refractivity contribution is 5.59. The summed E-state index contributed by atoms with van der Waals surface area (Å²) in [4.78, 5) is 11.7. The first-order valence-electron chi connectivity index (χ1n) is 9.92. The Hall–Kier alpha value is -3.00. The number of aryl methyl sites for hydroxylation is 3. The van der Waals surface area contributed by atoms with Crippen molar-refractivity contribution in [3.05, 3.63) is 53.1 Å². The monoisotopic (exact) mass is 393 g/mol. The zero-order valence-corrected chi connectivity index (χ0v) is 16.8. The highest BCUT2D eigenvalue weighted by Crippen LogP contribution is 2.30. The van der Waals surface area contributed by atoms with Crippen LogP contribution in [0.2, 0.25) is 0 Å². The predicted octanol–water partition coefficient (Wildman–Crippen LogP) is 3.02. The summed E-state index contributed by atoms with van der Waals surface area (Å²) in [6.07, 6.45) is 1.12.